The SMILES string of the molecule is CC(NC(=O)C(N)CCC(=O)O)C(=O)NCC(=O)NC(CS)C(=O)O. The Morgan fingerprint density at radius 3 is 2.16 bits per heavy atom. The Morgan fingerprint density at radius 1 is 1.08 bits per heavy atom. The van der Waals surface area contributed by atoms with Gasteiger partial charge in [-0.3, -0.25) is 19.2 Å². The molecule has 0 aliphatic heterocycles. The van der Waals surface area contributed by atoms with E-state index in [-0.39, 0.29) is 18.6 Å². The van der Waals surface area contributed by atoms with Crippen LogP contribution in [0.25, 0.3) is 0 Å². The second-order valence-corrected chi connectivity index (χ2v) is 5.49. The van der Waals surface area contributed by atoms with Gasteiger partial charge in [0.2, 0.25) is 17.7 Å². The molecular weight excluding hydrogens is 356 g/mol. The molecule has 0 aromatic carbocycles. The van der Waals surface area contributed by atoms with E-state index < -0.39 is 54.3 Å². The van der Waals surface area contributed by atoms with E-state index in [2.05, 4.69) is 28.6 Å². The number of carboxylic acids is 2. The van der Waals surface area contributed by atoms with Gasteiger partial charge >= 0.3 is 11.9 Å². The summed E-state index contributed by atoms with van der Waals surface area (Å²) in [7, 11) is 0. The highest BCUT2D eigenvalue weighted by Crippen LogP contribution is 1.96. The zero-order valence-corrected chi connectivity index (χ0v) is 14.4. The minimum absolute atomic E-state index is 0.0851. The van der Waals surface area contributed by atoms with Crippen LogP contribution >= 0.6 is 12.6 Å². The van der Waals surface area contributed by atoms with Crippen molar-refractivity contribution in [1.82, 2.24) is 16.0 Å². The fraction of sp³-hybridized carbons (Fsp3) is 0.615. The molecule has 142 valence electrons. The van der Waals surface area contributed by atoms with Gasteiger partial charge in [-0.15, -0.1) is 0 Å². The fourth-order valence-corrected chi connectivity index (χ4v) is 1.79. The summed E-state index contributed by atoms with van der Waals surface area (Å²) in [4.78, 5) is 56.2. The van der Waals surface area contributed by atoms with Crippen molar-refractivity contribution in [3.8, 4) is 0 Å². The first kappa shape index (κ1) is 22.7. The van der Waals surface area contributed by atoms with Crippen molar-refractivity contribution in [3.63, 3.8) is 0 Å². The molecule has 0 aromatic rings. The van der Waals surface area contributed by atoms with E-state index in [9.17, 15) is 24.0 Å². The highest BCUT2D eigenvalue weighted by molar-refractivity contribution is 7.80. The molecule has 12 heteroatoms. The number of carboxylic acid groups (broad SMARTS) is 2. The molecule has 25 heavy (non-hydrogen) atoms. The maximum absolute atomic E-state index is 11.8. The van der Waals surface area contributed by atoms with Gasteiger partial charge in [-0.2, -0.15) is 12.6 Å². The summed E-state index contributed by atoms with van der Waals surface area (Å²) in [5.41, 5.74) is 5.50. The Balaban J connectivity index is 4.29. The summed E-state index contributed by atoms with van der Waals surface area (Å²) in [5.74, 6) is -4.59. The van der Waals surface area contributed by atoms with Gasteiger partial charge in [0.15, 0.2) is 0 Å². The molecule has 0 fully saturated rings. The van der Waals surface area contributed by atoms with Crippen LogP contribution in [0.3, 0.4) is 0 Å². The Morgan fingerprint density at radius 2 is 1.68 bits per heavy atom. The number of carbonyl (C=O) groups is 5. The van der Waals surface area contributed by atoms with E-state index >= 15 is 0 Å². The lowest BCUT2D eigenvalue weighted by Gasteiger charge is -2.17. The van der Waals surface area contributed by atoms with Gasteiger partial charge in [-0.05, 0) is 13.3 Å². The van der Waals surface area contributed by atoms with Crippen LogP contribution in [-0.4, -0.2) is 70.3 Å². The van der Waals surface area contributed by atoms with Crippen LogP contribution in [0.1, 0.15) is 19.8 Å². The number of carbonyl (C=O) groups excluding carboxylic acids is 3. The number of thiol groups is 1. The van der Waals surface area contributed by atoms with Crippen molar-refractivity contribution < 1.29 is 34.2 Å². The van der Waals surface area contributed by atoms with Crippen molar-refractivity contribution in [3.05, 3.63) is 0 Å². The zero-order chi connectivity index (χ0) is 19.6. The van der Waals surface area contributed by atoms with Crippen LogP contribution in [0, 0.1) is 0 Å². The first-order chi connectivity index (χ1) is 11.6. The summed E-state index contributed by atoms with van der Waals surface area (Å²) >= 11 is 3.78. The van der Waals surface area contributed by atoms with E-state index in [1.54, 1.807) is 0 Å². The summed E-state index contributed by atoms with van der Waals surface area (Å²) in [6.45, 7) is 0.866. The normalized spacial score (nSPS) is 13.9. The molecule has 7 N–H and O–H groups in total. The maximum atomic E-state index is 11.8. The maximum Gasteiger partial charge on any atom is 0.327 e. The monoisotopic (exact) mass is 378 g/mol. The Bertz CT molecular complexity index is 529. The van der Waals surface area contributed by atoms with Gasteiger partial charge in [-0.25, -0.2) is 4.79 Å². The molecule has 3 atom stereocenters. The van der Waals surface area contributed by atoms with Gasteiger partial charge in [-0.1, -0.05) is 0 Å². The van der Waals surface area contributed by atoms with Crippen molar-refractivity contribution in [2.75, 3.05) is 12.3 Å². The Hall–Kier alpha value is -2.34. The van der Waals surface area contributed by atoms with Gasteiger partial charge in [0, 0.05) is 12.2 Å². The first-order valence-electron chi connectivity index (χ1n) is 7.27. The zero-order valence-electron chi connectivity index (χ0n) is 13.5. The highest BCUT2D eigenvalue weighted by Gasteiger charge is 2.22. The van der Waals surface area contributed by atoms with Crippen LogP contribution < -0.4 is 21.7 Å². The number of nitrogens with one attached hydrogen (secondary N) is 3. The van der Waals surface area contributed by atoms with Gasteiger partial charge in [0.25, 0.3) is 0 Å². The predicted molar refractivity (Wildman–Crippen MR) is 88.9 cm³/mol. The number of amides is 3. The topological polar surface area (TPSA) is 188 Å². The van der Waals surface area contributed by atoms with Crippen LogP contribution in [0.2, 0.25) is 0 Å². The summed E-state index contributed by atoms with van der Waals surface area (Å²) in [6, 6.07) is -3.28. The minimum atomic E-state index is -1.26. The molecule has 0 aliphatic rings. The molecule has 11 nitrogen and oxygen atoms in total. The quantitative estimate of drug-likeness (QED) is 0.189. The number of hydrogen-bond acceptors (Lipinski definition) is 7. The smallest absolute Gasteiger partial charge is 0.327 e. The van der Waals surface area contributed by atoms with Crippen molar-refractivity contribution in [2.24, 2.45) is 5.73 Å². The van der Waals surface area contributed by atoms with E-state index in [1.165, 1.54) is 6.92 Å². The second kappa shape index (κ2) is 11.3. The average molecular weight is 378 g/mol. The van der Waals surface area contributed by atoms with Gasteiger partial charge < -0.3 is 31.9 Å². The molecule has 3 amide bonds. The molecule has 0 bridgehead atoms. The molecule has 0 radical (unpaired) electrons. The largest absolute Gasteiger partial charge is 0.481 e. The predicted octanol–water partition coefficient (Wildman–Crippen LogP) is -2.70. The fourth-order valence-electron chi connectivity index (χ4n) is 1.55. The average Bonchev–Trinajstić information content (AvgIpc) is 2.54. The Labute approximate surface area is 149 Å². The number of rotatable bonds is 11. The summed E-state index contributed by atoms with van der Waals surface area (Å²) < 4.78 is 0. The van der Waals surface area contributed by atoms with Crippen molar-refractivity contribution >= 4 is 42.3 Å². The molecule has 0 saturated heterocycles. The van der Waals surface area contributed by atoms with Crippen LogP contribution in [-0.2, 0) is 24.0 Å². The van der Waals surface area contributed by atoms with E-state index in [4.69, 9.17) is 15.9 Å². The van der Waals surface area contributed by atoms with E-state index in [1.807, 2.05) is 0 Å². The lowest BCUT2D eigenvalue weighted by molar-refractivity contribution is -0.141. The number of aliphatic carboxylic acids is 2. The number of hydrogen-bond donors (Lipinski definition) is 7. The molecule has 0 rings (SSSR count). The second-order valence-electron chi connectivity index (χ2n) is 5.13. The third kappa shape index (κ3) is 9.52. The first-order valence-corrected chi connectivity index (χ1v) is 7.90. The summed E-state index contributed by atoms with van der Waals surface area (Å²) in [6.07, 6.45) is -0.372. The van der Waals surface area contributed by atoms with E-state index in [0.29, 0.717) is 0 Å². The molecule has 3 unspecified atom stereocenters. The lowest BCUT2D eigenvalue weighted by atomic mass is 10.1. The van der Waals surface area contributed by atoms with Crippen molar-refractivity contribution in [2.45, 2.75) is 37.9 Å². The molecular formula is C13H22N4O7S. The van der Waals surface area contributed by atoms with Gasteiger partial charge in [0.1, 0.15) is 12.1 Å². The molecule has 0 aromatic heterocycles. The molecule has 0 aliphatic carbocycles. The van der Waals surface area contributed by atoms with E-state index in [0.717, 1.165) is 0 Å². The highest BCUT2D eigenvalue weighted by atomic mass is 32.1. The molecule has 0 spiro atoms. The van der Waals surface area contributed by atoms with Crippen LogP contribution in [0.15, 0.2) is 0 Å². The lowest BCUT2D eigenvalue weighted by Crippen LogP contribution is -2.52. The number of nitrogens with two attached hydrogens (primary N) is 1. The minimum Gasteiger partial charge on any atom is -0.481 e. The van der Waals surface area contributed by atoms with Gasteiger partial charge in [0.05, 0.1) is 12.6 Å². The van der Waals surface area contributed by atoms with Crippen molar-refractivity contribution in [1.29, 1.82) is 0 Å². The standard InChI is InChI=1S/C13H22N4O7S/c1-6(16-12(22)7(14)2-3-10(19)20)11(21)15-4-9(18)17-8(5-25)13(23)24/h6-8,25H,2-5,14H2,1H3,(H,15,21)(H,16,22)(H,17,18)(H,19,20)(H,23,24). The third-order valence-electron chi connectivity index (χ3n) is 3.00. The van der Waals surface area contributed by atoms with Crippen LogP contribution in [0.5, 0.6) is 0 Å². The third-order valence-corrected chi connectivity index (χ3v) is 3.36. The Kier molecular flexibility index (Phi) is 10.2. The van der Waals surface area contributed by atoms with Crippen LogP contribution in [0.4, 0.5) is 0 Å². The molecule has 0 saturated carbocycles. The molecule has 0 heterocycles. The summed E-state index contributed by atoms with van der Waals surface area (Å²) in [5, 5.41) is 24.0.